The van der Waals surface area contributed by atoms with Crippen LogP contribution in [0.2, 0.25) is 0 Å². The molecule has 0 aromatic rings. The number of hydrogen-bond acceptors (Lipinski definition) is 14. The molecule has 47 heavy (non-hydrogen) atoms. The Morgan fingerprint density at radius 3 is 1.91 bits per heavy atom. The largest absolute Gasteiger partial charge is 0.458 e. The van der Waals surface area contributed by atoms with Crippen LogP contribution >= 0.6 is 0 Å². The maximum absolute atomic E-state index is 11.6. The third kappa shape index (κ3) is 15.1. The SMILES string of the molecule is CC/C=C\C/C=C\C/C=C\CCCCCCOCC(COC1OC(COC2OC(CO)C(O)C(O)C2O)C(O)C(O)C1O)OC(C)=O. The fourth-order valence-corrected chi connectivity index (χ4v) is 5.00. The van der Waals surface area contributed by atoms with E-state index in [4.69, 9.17) is 28.4 Å². The number of unbranched alkanes of at least 4 members (excludes halogenated alkanes) is 4. The minimum Gasteiger partial charge on any atom is -0.458 e. The molecule has 0 saturated carbocycles. The molecule has 0 amide bonds. The Balaban J connectivity index is 1.71. The number of carbonyl (C=O) groups excluding carboxylic acids is 1. The Morgan fingerprint density at radius 1 is 0.702 bits per heavy atom. The number of esters is 1. The summed E-state index contributed by atoms with van der Waals surface area (Å²) in [6.45, 7) is 2.44. The molecule has 0 aromatic carbocycles. The molecule has 2 rings (SSSR count). The first kappa shape index (κ1) is 41.4. The number of carbonyl (C=O) groups is 1. The van der Waals surface area contributed by atoms with Gasteiger partial charge in [-0.25, -0.2) is 0 Å². The molecule has 0 aromatic heterocycles. The summed E-state index contributed by atoms with van der Waals surface area (Å²) >= 11 is 0. The molecule has 7 N–H and O–H groups in total. The van der Waals surface area contributed by atoms with Crippen molar-refractivity contribution in [1.82, 2.24) is 0 Å². The van der Waals surface area contributed by atoms with Gasteiger partial charge in [-0.15, -0.1) is 0 Å². The highest BCUT2D eigenvalue weighted by atomic mass is 16.7. The number of rotatable bonds is 22. The van der Waals surface area contributed by atoms with Crippen LogP contribution < -0.4 is 0 Å². The molecule has 272 valence electrons. The Kier molecular flexibility index (Phi) is 20.7. The molecule has 2 aliphatic rings. The minimum atomic E-state index is -1.70. The van der Waals surface area contributed by atoms with Crippen molar-refractivity contribution in [2.45, 2.75) is 133 Å². The van der Waals surface area contributed by atoms with E-state index < -0.39 is 86.7 Å². The van der Waals surface area contributed by atoms with Crippen molar-refractivity contribution in [2.75, 3.05) is 33.0 Å². The third-order valence-corrected chi connectivity index (χ3v) is 7.71. The predicted octanol–water partition coefficient (Wildman–Crippen LogP) is 0.385. The van der Waals surface area contributed by atoms with Gasteiger partial charge in [0.05, 0.1) is 26.4 Å². The molecule has 11 atom stereocenters. The van der Waals surface area contributed by atoms with Gasteiger partial charge in [0.2, 0.25) is 0 Å². The first-order valence-electron chi connectivity index (χ1n) is 16.5. The van der Waals surface area contributed by atoms with E-state index in [1.165, 1.54) is 6.92 Å². The zero-order valence-corrected chi connectivity index (χ0v) is 27.5. The summed E-state index contributed by atoms with van der Waals surface area (Å²) < 4.78 is 32.9. The zero-order chi connectivity index (χ0) is 34.6. The van der Waals surface area contributed by atoms with Crippen LogP contribution in [0.4, 0.5) is 0 Å². The second-order valence-electron chi connectivity index (χ2n) is 11.7. The van der Waals surface area contributed by atoms with Gasteiger partial charge in [0.25, 0.3) is 0 Å². The molecule has 2 heterocycles. The molecule has 0 aliphatic carbocycles. The Morgan fingerprint density at radius 2 is 1.28 bits per heavy atom. The van der Waals surface area contributed by atoms with Crippen LogP contribution in [0.15, 0.2) is 36.5 Å². The maximum atomic E-state index is 11.6. The lowest BCUT2D eigenvalue weighted by Crippen LogP contribution is -2.61. The quantitative estimate of drug-likeness (QED) is 0.0470. The van der Waals surface area contributed by atoms with E-state index in [1.54, 1.807) is 0 Å². The van der Waals surface area contributed by atoms with E-state index in [9.17, 15) is 40.5 Å². The van der Waals surface area contributed by atoms with Gasteiger partial charge in [0.15, 0.2) is 12.6 Å². The highest BCUT2D eigenvalue weighted by Crippen LogP contribution is 2.26. The monoisotopic (exact) mass is 676 g/mol. The van der Waals surface area contributed by atoms with Gasteiger partial charge in [-0.05, 0) is 38.5 Å². The van der Waals surface area contributed by atoms with Crippen molar-refractivity contribution in [3.8, 4) is 0 Å². The van der Waals surface area contributed by atoms with Gasteiger partial charge in [-0.3, -0.25) is 4.79 Å². The molecular weight excluding hydrogens is 620 g/mol. The lowest BCUT2D eigenvalue weighted by Gasteiger charge is -2.42. The summed E-state index contributed by atoms with van der Waals surface area (Å²) in [5.41, 5.74) is 0. The van der Waals surface area contributed by atoms with E-state index in [0.29, 0.717) is 6.61 Å². The highest BCUT2D eigenvalue weighted by molar-refractivity contribution is 5.66. The van der Waals surface area contributed by atoms with Gasteiger partial charge >= 0.3 is 5.97 Å². The second-order valence-corrected chi connectivity index (χ2v) is 11.7. The van der Waals surface area contributed by atoms with Gasteiger partial charge in [0, 0.05) is 13.5 Å². The normalized spacial score (nSPS) is 32.4. The van der Waals surface area contributed by atoms with Crippen molar-refractivity contribution in [1.29, 1.82) is 0 Å². The number of aliphatic hydroxyl groups excluding tert-OH is 7. The second kappa shape index (κ2) is 23.5. The molecule has 2 aliphatic heterocycles. The lowest BCUT2D eigenvalue weighted by molar-refractivity contribution is -0.332. The molecule has 14 nitrogen and oxygen atoms in total. The van der Waals surface area contributed by atoms with Gasteiger partial charge in [0.1, 0.15) is 54.9 Å². The fourth-order valence-electron chi connectivity index (χ4n) is 5.00. The van der Waals surface area contributed by atoms with Crippen LogP contribution in [0.25, 0.3) is 0 Å². The zero-order valence-electron chi connectivity index (χ0n) is 27.5. The summed E-state index contributed by atoms with van der Waals surface area (Å²) in [7, 11) is 0. The van der Waals surface area contributed by atoms with E-state index in [2.05, 4.69) is 43.4 Å². The summed E-state index contributed by atoms with van der Waals surface area (Å²) in [5, 5.41) is 70.6. The standard InChI is InChI=1S/C33H56O14/c1-3-4-5-6-7-8-9-10-11-12-13-14-15-16-17-42-19-23(45-22(2)35)20-43-32-31(41)29(39)27(37)25(47-32)21-44-33-30(40)28(38)26(36)24(18-34)46-33/h4-5,7-8,10-11,23-34,36-41H,3,6,9,12-21H2,1-2H3/b5-4-,8-7-,11-10-. The first-order chi connectivity index (χ1) is 22.6. The van der Waals surface area contributed by atoms with E-state index >= 15 is 0 Å². The number of allylic oxidation sites excluding steroid dienone is 6. The molecule has 11 unspecified atom stereocenters. The Labute approximate surface area is 277 Å². The molecule has 0 radical (unpaired) electrons. The van der Waals surface area contributed by atoms with Gasteiger partial charge in [-0.2, -0.15) is 0 Å². The van der Waals surface area contributed by atoms with Gasteiger partial charge < -0.3 is 64.2 Å². The molecule has 2 saturated heterocycles. The topological polar surface area (TPSA) is 214 Å². The average Bonchev–Trinajstić information content (AvgIpc) is 3.05. The highest BCUT2D eigenvalue weighted by Gasteiger charge is 2.47. The molecular formula is C33H56O14. The fraction of sp³-hybridized carbons (Fsp3) is 0.788. The molecule has 2 fully saturated rings. The average molecular weight is 677 g/mol. The van der Waals surface area contributed by atoms with Crippen LogP contribution in [0.3, 0.4) is 0 Å². The van der Waals surface area contributed by atoms with Crippen molar-refractivity contribution >= 4 is 5.97 Å². The summed E-state index contributed by atoms with van der Waals surface area (Å²) in [4.78, 5) is 11.6. The molecule has 0 spiro atoms. The number of ether oxygens (including phenoxy) is 6. The van der Waals surface area contributed by atoms with E-state index in [0.717, 1.165) is 51.4 Å². The minimum absolute atomic E-state index is 0.0295. The number of aliphatic hydroxyl groups is 7. The third-order valence-electron chi connectivity index (χ3n) is 7.71. The van der Waals surface area contributed by atoms with Crippen LogP contribution in [0, 0.1) is 0 Å². The predicted molar refractivity (Wildman–Crippen MR) is 169 cm³/mol. The van der Waals surface area contributed by atoms with Crippen LogP contribution in [0.5, 0.6) is 0 Å². The lowest BCUT2D eigenvalue weighted by atomic mass is 9.98. The van der Waals surface area contributed by atoms with E-state index in [-0.39, 0.29) is 13.2 Å². The molecule has 0 bridgehead atoms. The van der Waals surface area contributed by atoms with Crippen molar-refractivity contribution in [3.63, 3.8) is 0 Å². The smallest absolute Gasteiger partial charge is 0.303 e. The Bertz CT molecular complexity index is 927. The van der Waals surface area contributed by atoms with Gasteiger partial charge in [-0.1, -0.05) is 56.2 Å². The van der Waals surface area contributed by atoms with Crippen LogP contribution in [-0.2, 0) is 33.2 Å². The summed E-state index contributed by atoms with van der Waals surface area (Å²) in [5.74, 6) is -0.564. The maximum Gasteiger partial charge on any atom is 0.303 e. The summed E-state index contributed by atoms with van der Waals surface area (Å²) in [6.07, 6.45) is 4.82. The van der Waals surface area contributed by atoms with Crippen LogP contribution in [-0.4, -0.2) is 142 Å². The van der Waals surface area contributed by atoms with E-state index in [1.807, 2.05) is 0 Å². The van der Waals surface area contributed by atoms with Crippen LogP contribution in [0.1, 0.15) is 65.2 Å². The number of hydrogen-bond donors (Lipinski definition) is 7. The van der Waals surface area contributed by atoms with Crippen molar-refractivity contribution < 1.29 is 69.0 Å². The van der Waals surface area contributed by atoms with Crippen molar-refractivity contribution in [2.24, 2.45) is 0 Å². The Hall–Kier alpha value is -1.79. The first-order valence-corrected chi connectivity index (χ1v) is 16.5. The van der Waals surface area contributed by atoms with Crippen molar-refractivity contribution in [3.05, 3.63) is 36.5 Å². The molecule has 14 heteroatoms. The summed E-state index contributed by atoms with van der Waals surface area (Å²) in [6, 6.07) is 0.